The van der Waals surface area contributed by atoms with E-state index in [0.717, 1.165) is 68.3 Å². The molecule has 1 fully saturated rings. The molecule has 1 spiro atoms. The van der Waals surface area contributed by atoms with Crippen LogP contribution in [-0.2, 0) is 23.3 Å². The summed E-state index contributed by atoms with van der Waals surface area (Å²) < 4.78 is 22.8. The molecule has 1 aromatic heterocycles. The number of methoxy groups -OCH3 is 3. The smallest absolute Gasteiger partial charge is 0.130 e. The van der Waals surface area contributed by atoms with Gasteiger partial charge in [0.2, 0.25) is 0 Å². The van der Waals surface area contributed by atoms with Crippen LogP contribution in [0.3, 0.4) is 0 Å². The highest BCUT2D eigenvalue weighted by Gasteiger charge is 2.42. The Bertz CT molecular complexity index is 771. The molecule has 0 amide bonds. The lowest BCUT2D eigenvalue weighted by molar-refractivity contribution is -0.102. The fourth-order valence-corrected chi connectivity index (χ4v) is 4.25. The van der Waals surface area contributed by atoms with Crippen LogP contribution in [-0.4, -0.2) is 56.1 Å². The van der Waals surface area contributed by atoms with E-state index in [0.29, 0.717) is 0 Å². The van der Waals surface area contributed by atoms with Crippen molar-refractivity contribution in [2.45, 2.75) is 31.4 Å². The van der Waals surface area contributed by atoms with E-state index in [9.17, 15) is 0 Å². The van der Waals surface area contributed by atoms with Gasteiger partial charge in [-0.25, -0.2) is 0 Å². The predicted octanol–water partition coefficient (Wildman–Crippen LogP) is 2.50. The third kappa shape index (κ3) is 3.26. The minimum absolute atomic E-state index is 0.214. The molecule has 0 atom stereocenters. The summed E-state index contributed by atoms with van der Waals surface area (Å²) in [5.41, 5.74) is 3.30. The van der Waals surface area contributed by atoms with Crippen molar-refractivity contribution >= 4 is 0 Å². The number of aromatic nitrogens is 2. The first-order valence-corrected chi connectivity index (χ1v) is 9.37. The van der Waals surface area contributed by atoms with Crippen molar-refractivity contribution < 1.29 is 18.9 Å². The minimum Gasteiger partial charge on any atom is -0.496 e. The van der Waals surface area contributed by atoms with Crippen LogP contribution in [0, 0.1) is 0 Å². The van der Waals surface area contributed by atoms with Gasteiger partial charge in [0.05, 0.1) is 45.4 Å². The lowest BCUT2D eigenvalue weighted by Gasteiger charge is -2.43. The number of piperidine rings is 1. The summed E-state index contributed by atoms with van der Waals surface area (Å²) in [5.74, 6) is 2.31. The average molecular weight is 373 g/mol. The number of hydrogen-bond acceptors (Lipinski definition) is 6. The molecule has 7 nitrogen and oxygen atoms in total. The summed E-state index contributed by atoms with van der Waals surface area (Å²) in [7, 11) is 5.00. The summed E-state index contributed by atoms with van der Waals surface area (Å²) in [5, 5.41) is 7.42. The van der Waals surface area contributed by atoms with Crippen LogP contribution in [0.4, 0.5) is 0 Å². The first-order valence-electron chi connectivity index (χ1n) is 9.37. The number of benzene rings is 1. The molecule has 1 N–H and O–H groups in total. The summed E-state index contributed by atoms with van der Waals surface area (Å²) in [6.07, 6.45) is 4.78. The van der Waals surface area contributed by atoms with E-state index in [1.165, 1.54) is 11.3 Å². The van der Waals surface area contributed by atoms with Gasteiger partial charge in [0.25, 0.3) is 0 Å². The molecule has 2 aliphatic heterocycles. The zero-order valence-electron chi connectivity index (χ0n) is 16.2. The van der Waals surface area contributed by atoms with E-state index in [1.807, 2.05) is 18.3 Å². The Kier molecular flexibility index (Phi) is 4.97. The predicted molar refractivity (Wildman–Crippen MR) is 101 cm³/mol. The highest BCUT2D eigenvalue weighted by atomic mass is 16.5. The second-order valence-corrected chi connectivity index (χ2v) is 7.15. The van der Waals surface area contributed by atoms with Crippen molar-refractivity contribution in [3.05, 3.63) is 35.2 Å². The third-order valence-electron chi connectivity index (χ3n) is 5.79. The zero-order chi connectivity index (χ0) is 18.9. The Morgan fingerprint density at radius 2 is 1.81 bits per heavy atom. The minimum atomic E-state index is -0.214. The average Bonchev–Trinajstić information content (AvgIpc) is 3.20. The lowest BCUT2D eigenvalue weighted by atomic mass is 9.83. The van der Waals surface area contributed by atoms with Gasteiger partial charge in [0.1, 0.15) is 22.8 Å². The van der Waals surface area contributed by atoms with E-state index < -0.39 is 0 Å². The molecule has 0 unspecified atom stereocenters. The molecule has 0 saturated carbocycles. The number of H-pyrrole nitrogens is 1. The monoisotopic (exact) mass is 373 g/mol. The van der Waals surface area contributed by atoms with Crippen molar-refractivity contribution in [2.24, 2.45) is 0 Å². The Balaban J connectivity index is 1.51. The molecule has 0 radical (unpaired) electrons. The molecular weight excluding hydrogens is 346 g/mol. The van der Waals surface area contributed by atoms with Crippen LogP contribution in [0.5, 0.6) is 17.2 Å². The molecule has 27 heavy (non-hydrogen) atoms. The standard InChI is InChI=1S/C20H27N3O4/c1-24-15-10-17(25-2)16(18(11-15)26-3)13-23-7-5-20(6-8-23)19-14(4-9-27-20)12-21-22-19/h10-12H,4-9,13H2,1-3H3,(H,21,22). The maximum Gasteiger partial charge on any atom is 0.130 e. The first-order chi connectivity index (χ1) is 13.2. The number of fused-ring (bicyclic) bond motifs is 2. The van der Waals surface area contributed by atoms with Gasteiger partial charge in [-0.15, -0.1) is 0 Å². The number of nitrogens with one attached hydrogen (secondary N) is 1. The number of aromatic amines is 1. The van der Waals surface area contributed by atoms with Gasteiger partial charge in [-0.3, -0.25) is 10.00 Å². The molecule has 146 valence electrons. The molecule has 1 aromatic carbocycles. The quantitative estimate of drug-likeness (QED) is 0.869. The maximum atomic E-state index is 6.25. The molecular formula is C20H27N3O4. The third-order valence-corrected chi connectivity index (χ3v) is 5.79. The summed E-state index contributed by atoms with van der Waals surface area (Å²) >= 11 is 0. The van der Waals surface area contributed by atoms with Crippen LogP contribution in [0.2, 0.25) is 0 Å². The van der Waals surface area contributed by atoms with Gasteiger partial charge in [-0.05, 0) is 24.8 Å². The Morgan fingerprint density at radius 1 is 1.11 bits per heavy atom. The van der Waals surface area contributed by atoms with E-state index in [4.69, 9.17) is 18.9 Å². The molecule has 0 bridgehead atoms. The van der Waals surface area contributed by atoms with E-state index in [-0.39, 0.29) is 5.60 Å². The number of hydrogen-bond donors (Lipinski definition) is 1. The van der Waals surface area contributed by atoms with Gasteiger partial charge >= 0.3 is 0 Å². The molecule has 3 heterocycles. The van der Waals surface area contributed by atoms with Gasteiger partial charge < -0.3 is 18.9 Å². The van der Waals surface area contributed by atoms with Crippen LogP contribution in [0.25, 0.3) is 0 Å². The van der Waals surface area contributed by atoms with Gasteiger partial charge in [-0.2, -0.15) is 5.10 Å². The van der Waals surface area contributed by atoms with Gasteiger partial charge in [0.15, 0.2) is 0 Å². The lowest BCUT2D eigenvalue weighted by Crippen LogP contribution is -2.46. The number of likely N-dealkylation sites (tertiary alicyclic amines) is 1. The van der Waals surface area contributed by atoms with Crippen molar-refractivity contribution in [3.8, 4) is 17.2 Å². The van der Waals surface area contributed by atoms with E-state index >= 15 is 0 Å². The van der Waals surface area contributed by atoms with E-state index in [1.54, 1.807) is 21.3 Å². The van der Waals surface area contributed by atoms with Crippen LogP contribution in [0.1, 0.15) is 29.7 Å². The summed E-state index contributed by atoms with van der Waals surface area (Å²) in [6.45, 7) is 3.42. The number of ether oxygens (including phenoxy) is 4. The topological polar surface area (TPSA) is 68.8 Å². The van der Waals surface area contributed by atoms with E-state index in [2.05, 4.69) is 15.1 Å². The molecule has 4 rings (SSSR count). The van der Waals surface area contributed by atoms with Gasteiger partial charge in [0, 0.05) is 31.8 Å². The largest absolute Gasteiger partial charge is 0.496 e. The fraction of sp³-hybridized carbons (Fsp3) is 0.550. The highest BCUT2D eigenvalue weighted by Crippen LogP contribution is 2.41. The molecule has 0 aliphatic carbocycles. The SMILES string of the molecule is COc1cc(OC)c(CN2CCC3(CC2)OCCc2cn[nH]c23)c(OC)c1. The number of rotatable bonds is 5. The summed E-state index contributed by atoms with van der Waals surface area (Å²) in [6, 6.07) is 3.81. The van der Waals surface area contributed by atoms with Crippen molar-refractivity contribution in [1.29, 1.82) is 0 Å². The van der Waals surface area contributed by atoms with Gasteiger partial charge in [-0.1, -0.05) is 0 Å². The Morgan fingerprint density at radius 3 is 2.44 bits per heavy atom. The van der Waals surface area contributed by atoms with Crippen LogP contribution in [0.15, 0.2) is 18.3 Å². The molecule has 2 aromatic rings. The zero-order valence-corrected chi connectivity index (χ0v) is 16.2. The van der Waals surface area contributed by atoms with Crippen molar-refractivity contribution in [2.75, 3.05) is 41.0 Å². The Hall–Kier alpha value is -2.25. The first kappa shape index (κ1) is 18.1. The second-order valence-electron chi connectivity index (χ2n) is 7.15. The second kappa shape index (κ2) is 7.40. The number of nitrogens with zero attached hydrogens (tertiary/aromatic N) is 2. The Labute approximate surface area is 159 Å². The molecule has 1 saturated heterocycles. The maximum absolute atomic E-state index is 6.25. The fourth-order valence-electron chi connectivity index (χ4n) is 4.25. The van der Waals surface area contributed by atoms with Crippen molar-refractivity contribution in [3.63, 3.8) is 0 Å². The highest BCUT2D eigenvalue weighted by molar-refractivity contribution is 5.50. The van der Waals surface area contributed by atoms with Crippen LogP contribution >= 0.6 is 0 Å². The molecule has 7 heteroatoms. The summed E-state index contributed by atoms with van der Waals surface area (Å²) in [4.78, 5) is 2.42. The molecule has 2 aliphatic rings. The van der Waals surface area contributed by atoms with Crippen LogP contribution < -0.4 is 14.2 Å². The normalized spacial score (nSPS) is 18.9. The van der Waals surface area contributed by atoms with Crippen molar-refractivity contribution in [1.82, 2.24) is 15.1 Å².